The van der Waals surface area contributed by atoms with Crippen molar-refractivity contribution in [2.45, 2.75) is 39.0 Å². The molecule has 0 bridgehead atoms. The lowest BCUT2D eigenvalue weighted by molar-refractivity contribution is 0.361. The van der Waals surface area contributed by atoms with E-state index in [0.717, 1.165) is 13.1 Å². The summed E-state index contributed by atoms with van der Waals surface area (Å²) in [7, 11) is 0. The van der Waals surface area contributed by atoms with Crippen molar-refractivity contribution in [1.29, 1.82) is 0 Å². The predicted molar refractivity (Wildman–Crippen MR) is 46.3 cm³/mol. The Bertz CT molecular complexity index is 95.5. The van der Waals surface area contributed by atoms with Gasteiger partial charge in [0.2, 0.25) is 0 Å². The van der Waals surface area contributed by atoms with Crippen LogP contribution in [0.3, 0.4) is 0 Å². The van der Waals surface area contributed by atoms with Gasteiger partial charge in [-0.2, -0.15) is 0 Å². The molecule has 1 heterocycles. The second-order valence-corrected chi connectivity index (χ2v) is 2.94. The highest BCUT2D eigenvalue weighted by Crippen LogP contribution is 1.97. The first-order valence-electron chi connectivity index (χ1n) is 4.52. The van der Waals surface area contributed by atoms with Crippen LogP contribution in [-0.2, 0) is 0 Å². The average Bonchev–Trinajstić information content (AvgIpc) is 2.52. The molecular weight excluding hydrogens is 138 g/mol. The molecule has 1 radical (unpaired) electrons. The Morgan fingerprint density at radius 1 is 1.55 bits per heavy atom. The fourth-order valence-corrected chi connectivity index (χ4v) is 1.32. The van der Waals surface area contributed by atoms with E-state index in [-0.39, 0.29) is 6.29 Å². The van der Waals surface area contributed by atoms with Crippen molar-refractivity contribution in [1.82, 2.24) is 16.0 Å². The van der Waals surface area contributed by atoms with E-state index in [2.05, 4.69) is 29.8 Å². The van der Waals surface area contributed by atoms with Gasteiger partial charge in [0.05, 0.1) is 0 Å². The van der Waals surface area contributed by atoms with E-state index in [1.54, 1.807) is 0 Å². The Morgan fingerprint density at radius 3 is 2.73 bits per heavy atom. The van der Waals surface area contributed by atoms with Gasteiger partial charge in [-0.25, -0.2) is 5.32 Å². The zero-order chi connectivity index (χ0) is 8.10. The average molecular weight is 156 g/mol. The van der Waals surface area contributed by atoms with Crippen LogP contribution < -0.4 is 16.0 Å². The summed E-state index contributed by atoms with van der Waals surface area (Å²) in [6.45, 7) is 6.39. The first kappa shape index (κ1) is 8.97. The van der Waals surface area contributed by atoms with Crippen LogP contribution in [0.2, 0.25) is 0 Å². The van der Waals surface area contributed by atoms with Crippen molar-refractivity contribution in [3.63, 3.8) is 0 Å². The number of rotatable bonds is 4. The van der Waals surface area contributed by atoms with Gasteiger partial charge in [0.15, 0.2) is 0 Å². The predicted octanol–water partition coefficient (Wildman–Crippen LogP) is 0.256. The molecule has 11 heavy (non-hydrogen) atoms. The molecule has 0 aliphatic carbocycles. The minimum Gasteiger partial charge on any atom is -0.287 e. The first-order valence-corrected chi connectivity index (χ1v) is 4.52. The molecule has 0 spiro atoms. The fourth-order valence-electron chi connectivity index (χ4n) is 1.32. The van der Waals surface area contributed by atoms with Crippen molar-refractivity contribution < 1.29 is 0 Å². The summed E-state index contributed by atoms with van der Waals surface area (Å²) < 4.78 is 0. The Labute approximate surface area is 68.9 Å². The van der Waals surface area contributed by atoms with Crippen molar-refractivity contribution in [3.8, 4) is 0 Å². The van der Waals surface area contributed by atoms with E-state index in [1.165, 1.54) is 12.8 Å². The van der Waals surface area contributed by atoms with E-state index in [4.69, 9.17) is 0 Å². The molecule has 1 atom stereocenters. The summed E-state index contributed by atoms with van der Waals surface area (Å²) in [4.78, 5) is 0. The fraction of sp³-hybridized carbons (Fsp3) is 1.00. The van der Waals surface area contributed by atoms with Gasteiger partial charge in [0.1, 0.15) is 6.29 Å². The van der Waals surface area contributed by atoms with Crippen molar-refractivity contribution in [3.05, 3.63) is 0 Å². The highest BCUT2D eigenvalue weighted by Gasteiger charge is 2.16. The molecule has 0 aromatic rings. The highest BCUT2D eigenvalue weighted by molar-refractivity contribution is 4.74. The van der Waals surface area contributed by atoms with Crippen LogP contribution in [0.15, 0.2) is 0 Å². The first-order chi connectivity index (χ1) is 5.36. The van der Waals surface area contributed by atoms with Crippen LogP contribution in [0.5, 0.6) is 0 Å². The molecule has 0 aromatic heterocycles. The highest BCUT2D eigenvalue weighted by atomic mass is 15.3. The Morgan fingerprint density at radius 2 is 2.27 bits per heavy atom. The standard InChI is InChI=1S/C8H18N3/c1-3-7(4-2)11-8-9-5-6-10-8/h7-9,11H,3-6H2,1-2H3. The molecule has 0 amide bonds. The van der Waals surface area contributed by atoms with E-state index < -0.39 is 0 Å². The summed E-state index contributed by atoms with van der Waals surface area (Å²) in [6, 6.07) is 0.620. The zero-order valence-electron chi connectivity index (χ0n) is 7.43. The van der Waals surface area contributed by atoms with E-state index in [0.29, 0.717) is 6.04 Å². The minimum atomic E-state index is 0.222. The molecule has 1 aliphatic heterocycles. The largest absolute Gasteiger partial charge is 0.287 e. The van der Waals surface area contributed by atoms with Crippen LogP contribution >= 0.6 is 0 Å². The Kier molecular flexibility index (Phi) is 3.83. The summed E-state index contributed by atoms with van der Waals surface area (Å²) in [5, 5.41) is 11.1. The monoisotopic (exact) mass is 156 g/mol. The molecule has 1 rings (SSSR count). The number of hydrogen-bond acceptors (Lipinski definition) is 2. The van der Waals surface area contributed by atoms with Crippen molar-refractivity contribution in [2.24, 2.45) is 0 Å². The quantitative estimate of drug-likeness (QED) is 0.612. The number of nitrogens with zero attached hydrogens (tertiary/aromatic N) is 1. The van der Waals surface area contributed by atoms with Crippen LogP contribution in [0.1, 0.15) is 26.7 Å². The summed E-state index contributed by atoms with van der Waals surface area (Å²) in [5.74, 6) is 0. The second kappa shape index (κ2) is 4.70. The van der Waals surface area contributed by atoms with Gasteiger partial charge in [-0.1, -0.05) is 13.8 Å². The van der Waals surface area contributed by atoms with Gasteiger partial charge < -0.3 is 0 Å². The van der Waals surface area contributed by atoms with E-state index >= 15 is 0 Å². The SMILES string of the molecule is CCC(CC)NC1[N]CCN1. The number of hydrogen-bond donors (Lipinski definition) is 2. The Balaban J connectivity index is 2.16. The summed E-state index contributed by atoms with van der Waals surface area (Å²) in [6.07, 6.45) is 2.59. The zero-order valence-corrected chi connectivity index (χ0v) is 7.43. The van der Waals surface area contributed by atoms with E-state index in [1.807, 2.05) is 0 Å². The molecule has 1 saturated heterocycles. The molecule has 1 unspecified atom stereocenters. The minimum absolute atomic E-state index is 0.222. The summed E-state index contributed by atoms with van der Waals surface area (Å²) in [5.41, 5.74) is 0. The normalized spacial score (nSPS) is 19.9. The lowest BCUT2D eigenvalue weighted by Gasteiger charge is -2.19. The third-order valence-electron chi connectivity index (χ3n) is 2.14. The van der Waals surface area contributed by atoms with Crippen LogP contribution in [0.25, 0.3) is 0 Å². The molecule has 1 aliphatic rings. The molecule has 0 saturated carbocycles. The lowest BCUT2D eigenvalue weighted by atomic mass is 10.2. The lowest BCUT2D eigenvalue weighted by Crippen LogP contribution is -2.47. The van der Waals surface area contributed by atoms with Crippen LogP contribution in [0.4, 0.5) is 0 Å². The van der Waals surface area contributed by atoms with Crippen LogP contribution in [-0.4, -0.2) is 25.4 Å². The molecular formula is C8H18N3. The van der Waals surface area contributed by atoms with Gasteiger partial charge in [-0.3, -0.25) is 10.6 Å². The van der Waals surface area contributed by atoms with Crippen molar-refractivity contribution in [2.75, 3.05) is 13.1 Å². The molecule has 65 valence electrons. The van der Waals surface area contributed by atoms with E-state index in [9.17, 15) is 0 Å². The summed E-state index contributed by atoms with van der Waals surface area (Å²) >= 11 is 0. The third kappa shape index (κ3) is 2.77. The maximum Gasteiger partial charge on any atom is 0.127 e. The molecule has 1 fully saturated rings. The molecule has 3 heteroatoms. The van der Waals surface area contributed by atoms with Gasteiger partial charge in [0.25, 0.3) is 0 Å². The molecule has 0 aromatic carbocycles. The van der Waals surface area contributed by atoms with Gasteiger partial charge in [0, 0.05) is 19.1 Å². The maximum absolute atomic E-state index is 4.35. The van der Waals surface area contributed by atoms with Crippen LogP contribution in [0, 0.1) is 0 Å². The van der Waals surface area contributed by atoms with Crippen molar-refractivity contribution >= 4 is 0 Å². The van der Waals surface area contributed by atoms with Gasteiger partial charge in [-0.05, 0) is 12.8 Å². The maximum atomic E-state index is 4.35. The Hall–Kier alpha value is -0.120. The molecule has 2 N–H and O–H groups in total. The molecule has 3 nitrogen and oxygen atoms in total. The number of nitrogens with one attached hydrogen (secondary N) is 2. The van der Waals surface area contributed by atoms with Gasteiger partial charge >= 0.3 is 0 Å². The topological polar surface area (TPSA) is 38.2 Å². The smallest absolute Gasteiger partial charge is 0.127 e. The second-order valence-electron chi connectivity index (χ2n) is 2.94. The van der Waals surface area contributed by atoms with Gasteiger partial charge in [-0.15, -0.1) is 0 Å². The third-order valence-corrected chi connectivity index (χ3v) is 2.14.